The molecule has 0 aliphatic carbocycles. The summed E-state index contributed by atoms with van der Waals surface area (Å²) in [6.07, 6.45) is 4.34. The van der Waals surface area contributed by atoms with Gasteiger partial charge in [0.25, 0.3) is 0 Å². The van der Waals surface area contributed by atoms with Gasteiger partial charge in [0, 0.05) is 11.0 Å². The molecule has 0 spiro atoms. The number of hydrogen-bond donors (Lipinski definition) is 1. The highest BCUT2D eigenvalue weighted by atomic mass is 79.9. The molecule has 1 heterocycles. The van der Waals surface area contributed by atoms with Gasteiger partial charge in [-0.15, -0.1) is 0 Å². The van der Waals surface area contributed by atoms with Gasteiger partial charge in [-0.2, -0.15) is 11.8 Å². The second-order valence-corrected chi connectivity index (χ2v) is 7.41. The van der Waals surface area contributed by atoms with Crippen LogP contribution in [-0.2, 0) is 11.3 Å². The number of rotatable bonds is 8. The first kappa shape index (κ1) is 16.7. The Kier molecular flexibility index (Phi) is 6.44. The summed E-state index contributed by atoms with van der Waals surface area (Å²) in [4.78, 5) is 15.4. The molecule has 0 saturated carbocycles. The maximum atomic E-state index is 10.8. The SMILES string of the molecule is CSCCCCn1c(SCC(=O)O)nc2cc(Br)ccc21. The zero-order valence-electron chi connectivity index (χ0n) is 11.7. The fourth-order valence-electron chi connectivity index (χ4n) is 2.05. The second kappa shape index (κ2) is 8.10. The fourth-order valence-corrected chi connectivity index (χ4v) is 3.65. The number of thioether (sulfide) groups is 2. The molecule has 2 aromatic rings. The summed E-state index contributed by atoms with van der Waals surface area (Å²) in [6.45, 7) is 0.876. The monoisotopic (exact) mass is 388 g/mol. The number of aromatic nitrogens is 2. The van der Waals surface area contributed by atoms with E-state index in [-0.39, 0.29) is 5.75 Å². The summed E-state index contributed by atoms with van der Waals surface area (Å²) in [5.41, 5.74) is 1.97. The predicted molar refractivity (Wildman–Crippen MR) is 93.4 cm³/mol. The van der Waals surface area contributed by atoms with Crippen molar-refractivity contribution < 1.29 is 9.90 Å². The molecular weight excluding hydrogens is 372 g/mol. The molecule has 2 rings (SSSR count). The number of unbranched alkanes of at least 4 members (excludes halogenated alkanes) is 1. The van der Waals surface area contributed by atoms with E-state index in [0.29, 0.717) is 0 Å². The van der Waals surface area contributed by atoms with Gasteiger partial charge in [0.15, 0.2) is 5.16 Å². The van der Waals surface area contributed by atoms with Gasteiger partial charge in [0.05, 0.1) is 16.8 Å². The Balaban J connectivity index is 2.23. The van der Waals surface area contributed by atoms with Crippen LogP contribution in [0.4, 0.5) is 0 Å². The first-order valence-corrected chi connectivity index (χ1v) is 9.78. The van der Waals surface area contributed by atoms with Crippen LogP contribution in [-0.4, -0.2) is 38.4 Å². The normalized spacial score (nSPS) is 11.1. The first-order valence-electron chi connectivity index (χ1n) is 6.61. The minimum absolute atomic E-state index is 0.0370. The second-order valence-electron chi connectivity index (χ2n) is 4.56. The van der Waals surface area contributed by atoms with Crippen molar-refractivity contribution in [2.75, 3.05) is 17.8 Å². The van der Waals surface area contributed by atoms with E-state index in [9.17, 15) is 4.79 Å². The standard InChI is InChI=1S/C14H17BrN2O2S2/c1-20-7-3-2-6-17-12-5-4-10(15)8-11(12)16-14(17)21-9-13(18)19/h4-5,8H,2-3,6-7,9H2,1H3,(H,18,19). The Morgan fingerprint density at radius 1 is 1.43 bits per heavy atom. The highest BCUT2D eigenvalue weighted by molar-refractivity contribution is 9.10. The zero-order valence-corrected chi connectivity index (χ0v) is 14.9. The van der Waals surface area contributed by atoms with Crippen LogP contribution in [0.5, 0.6) is 0 Å². The minimum Gasteiger partial charge on any atom is -0.481 e. The number of aliphatic carboxylic acids is 1. The van der Waals surface area contributed by atoms with Crippen LogP contribution in [0.2, 0.25) is 0 Å². The van der Waals surface area contributed by atoms with Gasteiger partial charge in [-0.25, -0.2) is 4.98 Å². The number of halogens is 1. The van der Waals surface area contributed by atoms with Crippen LogP contribution in [0.15, 0.2) is 27.8 Å². The summed E-state index contributed by atoms with van der Waals surface area (Å²) in [7, 11) is 0. The molecule has 114 valence electrons. The van der Waals surface area contributed by atoms with Gasteiger partial charge >= 0.3 is 5.97 Å². The number of fused-ring (bicyclic) bond motifs is 1. The fraction of sp³-hybridized carbons (Fsp3) is 0.429. The Hall–Kier alpha value is -0.660. The zero-order chi connectivity index (χ0) is 15.2. The van der Waals surface area contributed by atoms with E-state index in [1.54, 1.807) is 0 Å². The Morgan fingerprint density at radius 2 is 2.24 bits per heavy atom. The van der Waals surface area contributed by atoms with Crippen LogP contribution in [0.25, 0.3) is 11.0 Å². The quantitative estimate of drug-likeness (QED) is 0.544. The molecule has 0 aliphatic heterocycles. The molecule has 0 saturated heterocycles. The van der Waals surface area contributed by atoms with E-state index in [1.165, 1.54) is 11.8 Å². The summed E-state index contributed by atoms with van der Waals surface area (Å²) in [5.74, 6) is 0.368. The molecule has 4 nitrogen and oxygen atoms in total. The largest absolute Gasteiger partial charge is 0.481 e. The molecule has 1 N–H and O–H groups in total. The number of aryl methyl sites for hydroxylation is 1. The topological polar surface area (TPSA) is 55.1 Å². The van der Waals surface area contributed by atoms with Crippen LogP contribution in [0.3, 0.4) is 0 Å². The summed E-state index contributed by atoms with van der Waals surface area (Å²) < 4.78 is 3.12. The van der Waals surface area contributed by atoms with Gasteiger partial charge < -0.3 is 9.67 Å². The lowest BCUT2D eigenvalue weighted by molar-refractivity contribution is -0.133. The number of nitrogens with zero attached hydrogens (tertiary/aromatic N) is 2. The van der Waals surface area contributed by atoms with Crippen molar-refractivity contribution in [1.82, 2.24) is 9.55 Å². The molecule has 0 atom stereocenters. The van der Waals surface area contributed by atoms with Crippen LogP contribution in [0, 0.1) is 0 Å². The maximum absolute atomic E-state index is 10.8. The van der Waals surface area contributed by atoms with E-state index < -0.39 is 5.97 Å². The lowest BCUT2D eigenvalue weighted by atomic mass is 10.3. The van der Waals surface area contributed by atoms with Crippen molar-refractivity contribution in [3.8, 4) is 0 Å². The molecule has 0 fully saturated rings. The average molecular weight is 389 g/mol. The Bertz CT molecular complexity index is 631. The molecule has 1 aromatic heterocycles. The van der Waals surface area contributed by atoms with Crippen molar-refractivity contribution in [2.24, 2.45) is 0 Å². The lowest BCUT2D eigenvalue weighted by Gasteiger charge is -2.08. The van der Waals surface area contributed by atoms with E-state index in [4.69, 9.17) is 5.11 Å². The summed E-state index contributed by atoms with van der Waals surface area (Å²) in [6, 6.07) is 6.00. The van der Waals surface area contributed by atoms with E-state index in [1.807, 2.05) is 30.0 Å². The smallest absolute Gasteiger partial charge is 0.313 e. The molecule has 0 unspecified atom stereocenters. The van der Waals surface area contributed by atoms with E-state index in [2.05, 4.69) is 31.7 Å². The van der Waals surface area contributed by atoms with Gasteiger partial charge in [0.1, 0.15) is 0 Å². The van der Waals surface area contributed by atoms with Gasteiger partial charge in [0.2, 0.25) is 0 Å². The number of hydrogen-bond acceptors (Lipinski definition) is 4. The van der Waals surface area contributed by atoms with Gasteiger partial charge in [-0.05, 0) is 43.0 Å². The number of benzene rings is 1. The molecule has 7 heteroatoms. The number of carboxylic acid groups (broad SMARTS) is 1. The van der Waals surface area contributed by atoms with Crippen molar-refractivity contribution in [1.29, 1.82) is 0 Å². The third-order valence-electron chi connectivity index (χ3n) is 2.98. The van der Waals surface area contributed by atoms with Crippen LogP contribution in [0.1, 0.15) is 12.8 Å². The molecule has 0 radical (unpaired) electrons. The molecule has 0 bridgehead atoms. The van der Waals surface area contributed by atoms with Crippen molar-refractivity contribution in [3.05, 3.63) is 22.7 Å². The van der Waals surface area contributed by atoms with Gasteiger partial charge in [-0.3, -0.25) is 4.79 Å². The van der Waals surface area contributed by atoms with E-state index in [0.717, 1.165) is 45.8 Å². The van der Waals surface area contributed by atoms with Crippen molar-refractivity contribution in [3.63, 3.8) is 0 Å². The minimum atomic E-state index is -0.817. The lowest BCUT2D eigenvalue weighted by Crippen LogP contribution is -2.04. The highest BCUT2D eigenvalue weighted by Crippen LogP contribution is 2.27. The van der Waals surface area contributed by atoms with Crippen LogP contribution < -0.4 is 0 Å². The van der Waals surface area contributed by atoms with Crippen molar-refractivity contribution in [2.45, 2.75) is 24.5 Å². The molecule has 21 heavy (non-hydrogen) atoms. The molecular formula is C14H17BrN2O2S2. The third kappa shape index (κ3) is 4.66. The highest BCUT2D eigenvalue weighted by Gasteiger charge is 2.12. The van der Waals surface area contributed by atoms with Gasteiger partial charge in [-0.1, -0.05) is 27.7 Å². The molecule has 0 aliphatic rings. The van der Waals surface area contributed by atoms with Crippen LogP contribution >= 0.6 is 39.5 Å². The number of carboxylic acids is 1. The third-order valence-corrected chi connectivity index (χ3v) is 5.13. The molecule has 1 aromatic carbocycles. The average Bonchev–Trinajstić information content (AvgIpc) is 2.78. The summed E-state index contributed by atoms with van der Waals surface area (Å²) >= 11 is 6.58. The maximum Gasteiger partial charge on any atom is 0.313 e. The first-order chi connectivity index (χ1) is 10.1. The number of carbonyl (C=O) groups is 1. The molecule has 0 amide bonds. The predicted octanol–water partition coefficient (Wildman–Crippen LogP) is 4.12. The summed E-state index contributed by atoms with van der Waals surface area (Å²) in [5, 5.41) is 9.65. The van der Waals surface area contributed by atoms with Crippen molar-refractivity contribution >= 4 is 56.5 Å². The van der Waals surface area contributed by atoms with E-state index >= 15 is 0 Å². The number of imidazole rings is 1. The Morgan fingerprint density at radius 3 is 2.95 bits per heavy atom. The Labute approximate surface area is 140 Å².